The van der Waals surface area contributed by atoms with E-state index in [9.17, 15) is 13.2 Å². The third kappa shape index (κ3) is 6.00. The zero-order valence-electron chi connectivity index (χ0n) is 19.3. The summed E-state index contributed by atoms with van der Waals surface area (Å²) in [6.45, 7) is 7.49. The summed E-state index contributed by atoms with van der Waals surface area (Å²) in [6.07, 6.45) is 2.81. The van der Waals surface area contributed by atoms with E-state index < -0.39 is 10.0 Å². The van der Waals surface area contributed by atoms with E-state index in [1.807, 2.05) is 12.1 Å². The number of sulfonamides is 1. The molecule has 2 aromatic carbocycles. The van der Waals surface area contributed by atoms with Gasteiger partial charge < -0.3 is 10.1 Å². The Hall–Kier alpha value is -2.26. The first-order chi connectivity index (χ1) is 15.9. The normalized spacial score (nSPS) is 18.2. The molecule has 33 heavy (non-hydrogen) atoms. The first kappa shape index (κ1) is 23.9. The number of rotatable bonds is 7. The Labute approximate surface area is 196 Å². The van der Waals surface area contributed by atoms with E-state index in [4.69, 9.17) is 4.74 Å². The predicted octanol–water partition coefficient (Wildman–Crippen LogP) is 2.93. The van der Waals surface area contributed by atoms with Crippen LogP contribution in [0.2, 0.25) is 0 Å². The van der Waals surface area contributed by atoms with Crippen LogP contribution < -0.4 is 5.32 Å². The molecule has 8 heteroatoms. The number of carbonyl (C=O) groups is 1. The van der Waals surface area contributed by atoms with E-state index in [0.29, 0.717) is 30.8 Å². The molecule has 0 atom stereocenters. The minimum absolute atomic E-state index is 0.226. The first-order valence-electron chi connectivity index (χ1n) is 11.7. The number of ether oxygens (including phenoxy) is 1. The van der Waals surface area contributed by atoms with Crippen LogP contribution in [-0.4, -0.2) is 62.9 Å². The Kier molecular flexibility index (Phi) is 7.80. The zero-order valence-corrected chi connectivity index (χ0v) is 20.1. The molecule has 2 aliphatic heterocycles. The van der Waals surface area contributed by atoms with Crippen molar-refractivity contribution >= 4 is 15.9 Å². The quantitative estimate of drug-likeness (QED) is 0.672. The van der Waals surface area contributed by atoms with E-state index >= 15 is 0 Å². The van der Waals surface area contributed by atoms with Crippen LogP contribution in [0.4, 0.5) is 0 Å². The largest absolute Gasteiger partial charge is 0.379 e. The fraction of sp³-hybridized carbons (Fsp3) is 0.480. The average molecular weight is 472 g/mol. The molecule has 2 fully saturated rings. The molecule has 4 rings (SSSR count). The molecule has 1 amide bonds. The van der Waals surface area contributed by atoms with Gasteiger partial charge in [0, 0.05) is 44.8 Å². The second kappa shape index (κ2) is 10.8. The van der Waals surface area contributed by atoms with Crippen molar-refractivity contribution in [2.75, 3.05) is 39.4 Å². The lowest BCUT2D eigenvalue weighted by Gasteiger charge is -2.26. The van der Waals surface area contributed by atoms with Crippen LogP contribution in [0.25, 0.3) is 0 Å². The Balaban J connectivity index is 1.42. The summed E-state index contributed by atoms with van der Waals surface area (Å²) in [6, 6.07) is 13.1. The van der Waals surface area contributed by atoms with Gasteiger partial charge in [0.15, 0.2) is 0 Å². The van der Waals surface area contributed by atoms with Crippen molar-refractivity contribution in [1.29, 1.82) is 0 Å². The van der Waals surface area contributed by atoms with Crippen LogP contribution in [0.5, 0.6) is 0 Å². The lowest BCUT2D eigenvalue weighted by Crippen LogP contribution is -2.36. The Morgan fingerprint density at radius 2 is 1.70 bits per heavy atom. The minimum atomic E-state index is -3.60. The molecule has 2 aromatic rings. The molecular formula is C25H33N3O4S. The van der Waals surface area contributed by atoms with Crippen LogP contribution in [-0.2, 0) is 27.8 Å². The predicted molar refractivity (Wildman–Crippen MR) is 127 cm³/mol. The van der Waals surface area contributed by atoms with Crippen LogP contribution >= 0.6 is 0 Å². The number of piperidine rings is 1. The smallest absolute Gasteiger partial charge is 0.251 e. The molecule has 7 nitrogen and oxygen atoms in total. The molecule has 2 aliphatic rings. The van der Waals surface area contributed by atoms with Gasteiger partial charge in [-0.2, -0.15) is 4.31 Å². The summed E-state index contributed by atoms with van der Waals surface area (Å²) in [5, 5.41) is 2.94. The molecule has 1 N–H and O–H groups in total. The Bertz CT molecular complexity index is 1070. The van der Waals surface area contributed by atoms with Gasteiger partial charge in [0.05, 0.1) is 18.1 Å². The highest BCUT2D eigenvalue weighted by Crippen LogP contribution is 2.24. The van der Waals surface area contributed by atoms with Gasteiger partial charge in [-0.05, 0) is 48.6 Å². The van der Waals surface area contributed by atoms with Gasteiger partial charge in [-0.3, -0.25) is 9.69 Å². The molecule has 2 heterocycles. The maximum atomic E-state index is 13.1. The number of carbonyl (C=O) groups excluding carboxylic acids is 1. The number of nitrogens with zero attached hydrogens (tertiary/aromatic N) is 2. The van der Waals surface area contributed by atoms with Crippen LogP contribution in [0, 0.1) is 6.92 Å². The molecule has 0 aliphatic carbocycles. The van der Waals surface area contributed by atoms with Crippen molar-refractivity contribution in [3.8, 4) is 0 Å². The van der Waals surface area contributed by atoms with Gasteiger partial charge in [-0.15, -0.1) is 0 Å². The summed E-state index contributed by atoms with van der Waals surface area (Å²) >= 11 is 0. The van der Waals surface area contributed by atoms with Crippen molar-refractivity contribution in [3.05, 3.63) is 64.7 Å². The Morgan fingerprint density at radius 3 is 2.45 bits per heavy atom. The van der Waals surface area contributed by atoms with Gasteiger partial charge in [0.2, 0.25) is 10.0 Å². The maximum Gasteiger partial charge on any atom is 0.251 e. The summed E-state index contributed by atoms with van der Waals surface area (Å²) in [5.74, 6) is -0.274. The van der Waals surface area contributed by atoms with Gasteiger partial charge in [-0.1, -0.05) is 36.8 Å². The minimum Gasteiger partial charge on any atom is -0.379 e. The lowest BCUT2D eigenvalue weighted by molar-refractivity contribution is 0.0342. The van der Waals surface area contributed by atoms with E-state index in [-0.39, 0.29) is 10.8 Å². The molecule has 0 aromatic heterocycles. The zero-order chi connectivity index (χ0) is 23.3. The highest BCUT2D eigenvalue weighted by atomic mass is 32.2. The maximum absolute atomic E-state index is 13.1. The molecule has 178 valence electrons. The van der Waals surface area contributed by atoms with Gasteiger partial charge in [-0.25, -0.2) is 8.42 Å². The monoisotopic (exact) mass is 471 g/mol. The number of morpholine rings is 1. The number of benzene rings is 2. The molecule has 0 unspecified atom stereocenters. The molecular weight excluding hydrogens is 438 g/mol. The summed E-state index contributed by atoms with van der Waals surface area (Å²) in [7, 11) is -3.60. The van der Waals surface area contributed by atoms with Crippen molar-refractivity contribution in [2.45, 2.75) is 44.2 Å². The average Bonchev–Trinajstić information content (AvgIpc) is 2.84. The van der Waals surface area contributed by atoms with Crippen LogP contribution in [0.1, 0.15) is 46.3 Å². The molecule has 0 radical (unpaired) electrons. The second-order valence-corrected chi connectivity index (χ2v) is 10.7. The topological polar surface area (TPSA) is 79.0 Å². The van der Waals surface area contributed by atoms with Crippen molar-refractivity contribution in [3.63, 3.8) is 0 Å². The van der Waals surface area contributed by atoms with E-state index in [2.05, 4.69) is 22.3 Å². The van der Waals surface area contributed by atoms with Gasteiger partial charge in [0.25, 0.3) is 5.91 Å². The summed E-state index contributed by atoms with van der Waals surface area (Å²) in [4.78, 5) is 15.4. The van der Waals surface area contributed by atoms with E-state index in [1.54, 1.807) is 23.4 Å². The standard InChI is InChI=1S/C25H33N3O4S/c1-20-8-9-23(17-24(20)33(30,31)28-10-3-2-4-11-28)25(29)26-18-21-6-5-7-22(16-21)19-27-12-14-32-15-13-27/h5-9,16-17H,2-4,10-15,18-19H2,1H3,(H,26,29). The van der Waals surface area contributed by atoms with E-state index in [0.717, 1.165) is 57.7 Å². The highest BCUT2D eigenvalue weighted by Gasteiger charge is 2.28. The number of aryl methyl sites for hydroxylation is 1. The third-order valence-electron chi connectivity index (χ3n) is 6.34. The molecule has 0 spiro atoms. The summed E-state index contributed by atoms with van der Waals surface area (Å²) < 4.78 is 33.2. The number of hydrogen-bond donors (Lipinski definition) is 1. The van der Waals surface area contributed by atoms with Crippen molar-refractivity contribution in [1.82, 2.24) is 14.5 Å². The van der Waals surface area contributed by atoms with Crippen molar-refractivity contribution in [2.24, 2.45) is 0 Å². The molecule has 0 saturated carbocycles. The van der Waals surface area contributed by atoms with E-state index in [1.165, 1.54) is 11.6 Å². The number of amides is 1. The van der Waals surface area contributed by atoms with Crippen LogP contribution in [0.15, 0.2) is 47.4 Å². The molecule has 2 saturated heterocycles. The Morgan fingerprint density at radius 1 is 0.970 bits per heavy atom. The fourth-order valence-electron chi connectivity index (χ4n) is 4.40. The second-order valence-electron chi connectivity index (χ2n) is 8.84. The number of hydrogen-bond acceptors (Lipinski definition) is 5. The number of nitrogens with one attached hydrogen (secondary N) is 1. The van der Waals surface area contributed by atoms with Crippen LogP contribution in [0.3, 0.4) is 0 Å². The molecule has 0 bridgehead atoms. The van der Waals surface area contributed by atoms with Gasteiger partial charge >= 0.3 is 0 Å². The summed E-state index contributed by atoms with van der Waals surface area (Å²) in [5.41, 5.74) is 3.24. The SMILES string of the molecule is Cc1ccc(C(=O)NCc2cccc(CN3CCOCC3)c2)cc1S(=O)(=O)N1CCCCC1. The van der Waals surface area contributed by atoms with Gasteiger partial charge in [0.1, 0.15) is 0 Å². The first-order valence-corrected chi connectivity index (χ1v) is 13.1. The van der Waals surface area contributed by atoms with Crippen molar-refractivity contribution < 1.29 is 17.9 Å². The highest BCUT2D eigenvalue weighted by molar-refractivity contribution is 7.89. The lowest BCUT2D eigenvalue weighted by atomic mass is 10.1. The fourth-order valence-corrected chi connectivity index (χ4v) is 6.17. The third-order valence-corrected chi connectivity index (χ3v) is 8.38.